The third-order valence-corrected chi connectivity index (χ3v) is 5.49. The number of benzene rings is 1. The summed E-state index contributed by atoms with van der Waals surface area (Å²) in [5.41, 5.74) is 2.05. The molecule has 0 radical (unpaired) electrons. The van der Waals surface area contributed by atoms with Gasteiger partial charge in [0, 0.05) is 23.2 Å². The molecule has 0 aliphatic carbocycles. The quantitative estimate of drug-likeness (QED) is 0.790. The van der Waals surface area contributed by atoms with Gasteiger partial charge in [0.25, 0.3) is 5.91 Å². The van der Waals surface area contributed by atoms with Crippen LogP contribution in [0.4, 0.5) is 0 Å². The Hall–Kier alpha value is -2.50. The minimum Gasteiger partial charge on any atom is -0.487 e. The van der Waals surface area contributed by atoms with Gasteiger partial charge in [0.1, 0.15) is 22.7 Å². The summed E-state index contributed by atoms with van der Waals surface area (Å²) in [6.45, 7) is 11.5. The van der Waals surface area contributed by atoms with Crippen LogP contribution in [-0.2, 0) is 11.2 Å². The second kappa shape index (κ2) is 7.49. The van der Waals surface area contributed by atoms with E-state index in [9.17, 15) is 9.59 Å². The Morgan fingerprint density at radius 3 is 2.71 bits per heavy atom. The van der Waals surface area contributed by atoms with E-state index in [1.165, 1.54) is 0 Å². The molecule has 0 unspecified atom stereocenters. The number of nitrogens with one attached hydrogen (secondary N) is 1. The van der Waals surface area contributed by atoms with E-state index >= 15 is 0 Å². The van der Waals surface area contributed by atoms with Crippen molar-refractivity contribution in [3.05, 3.63) is 33.2 Å². The fraction of sp³-hybridized carbons (Fsp3) is 0.545. The van der Waals surface area contributed by atoms with Crippen molar-refractivity contribution < 1.29 is 18.7 Å². The molecule has 1 aliphatic heterocycles. The zero-order valence-corrected chi connectivity index (χ0v) is 17.5. The van der Waals surface area contributed by atoms with Gasteiger partial charge in [-0.2, -0.15) is 0 Å². The van der Waals surface area contributed by atoms with Gasteiger partial charge in [0.2, 0.25) is 0 Å². The van der Waals surface area contributed by atoms with Crippen molar-refractivity contribution in [2.24, 2.45) is 0 Å². The number of ether oxygens (including phenoxy) is 2. The van der Waals surface area contributed by atoms with Gasteiger partial charge in [-0.05, 0) is 59.4 Å². The van der Waals surface area contributed by atoms with Crippen LogP contribution in [0.1, 0.15) is 57.2 Å². The third kappa shape index (κ3) is 3.86. The number of carbonyl (C=O) groups excluding carboxylic acids is 1. The molecule has 1 aromatic heterocycles. The van der Waals surface area contributed by atoms with Gasteiger partial charge >= 0.3 is 5.63 Å². The molecule has 152 valence electrons. The summed E-state index contributed by atoms with van der Waals surface area (Å²) in [4.78, 5) is 24.5. The molecule has 1 atom stereocenters. The van der Waals surface area contributed by atoms with Gasteiger partial charge in [-0.25, -0.2) is 4.79 Å². The molecule has 0 spiro atoms. The van der Waals surface area contributed by atoms with E-state index in [0.717, 1.165) is 35.8 Å². The van der Waals surface area contributed by atoms with Gasteiger partial charge < -0.3 is 19.2 Å². The number of hydrogen-bond acceptors (Lipinski definition) is 5. The summed E-state index contributed by atoms with van der Waals surface area (Å²) in [6.07, 6.45) is 2.42. The molecule has 2 heterocycles. The van der Waals surface area contributed by atoms with E-state index in [2.05, 4.69) is 5.32 Å². The van der Waals surface area contributed by atoms with Gasteiger partial charge in [-0.15, -0.1) is 0 Å². The van der Waals surface area contributed by atoms with Crippen LogP contribution in [0.5, 0.6) is 11.5 Å². The maximum Gasteiger partial charge on any atom is 0.339 e. The number of carbonyl (C=O) groups is 1. The highest BCUT2D eigenvalue weighted by atomic mass is 16.5. The molecular formula is C22H29NO5. The SMILES string of the molecule is CC[C@@H](C)NC(=O)COc1cc2c(c3oc(=O)c(C)c(C)c13)CCC(C)(C)O2. The first-order chi connectivity index (χ1) is 13.1. The number of fused-ring (bicyclic) bond motifs is 3. The normalized spacial score (nSPS) is 16.2. The molecule has 3 rings (SSSR count). The monoisotopic (exact) mass is 387 g/mol. The highest BCUT2D eigenvalue weighted by molar-refractivity contribution is 5.92. The molecule has 28 heavy (non-hydrogen) atoms. The van der Waals surface area contributed by atoms with E-state index in [4.69, 9.17) is 13.9 Å². The number of amides is 1. The Labute approximate surface area is 165 Å². The topological polar surface area (TPSA) is 77.8 Å². The molecule has 6 heteroatoms. The van der Waals surface area contributed by atoms with Crippen molar-refractivity contribution in [1.82, 2.24) is 5.32 Å². The largest absolute Gasteiger partial charge is 0.487 e. The fourth-order valence-electron chi connectivity index (χ4n) is 3.41. The summed E-state index contributed by atoms with van der Waals surface area (Å²) in [6, 6.07) is 1.91. The molecular weight excluding hydrogens is 358 g/mol. The van der Waals surface area contributed by atoms with Crippen LogP contribution in [-0.4, -0.2) is 24.2 Å². The first-order valence-corrected chi connectivity index (χ1v) is 9.84. The lowest BCUT2D eigenvalue weighted by atomic mass is 9.92. The lowest BCUT2D eigenvalue weighted by molar-refractivity contribution is -0.123. The van der Waals surface area contributed by atoms with E-state index < -0.39 is 0 Å². The average molecular weight is 387 g/mol. The van der Waals surface area contributed by atoms with Crippen LogP contribution in [0.15, 0.2) is 15.3 Å². The maximum atomic E-state index is 12.3. The zero-order chi connectivity index (χ0) is 20.6. The molecule has 1 aliphatic rings. The molecule has 6 nitrogen and oxygen atoms in total. The standard InChI is InChI=1S/C22H29NO5/c1-7-12(2)23-18(24)11-26-17-10-16-15(8-9-22(5,6)28-16)20-19(17)13(3)14(4)21(25)27-20/h10,12H,7-9,11H2,1-6H3,(H,23,24)/t12-/m1/s1. The van der Waals surface area contributed by atoms with E-state index in [1.807, 2.05) is 40.7 Å². The second-order valence-electron chi connectivity index (χ2n) is 8.22. The number of aryl methyl sites for hydroxylation is 2. The molecule has 1 aromatic carbocycles. The van der Waals surface area contributed by atoms with Crippen molar-refractivity contribution >= 4 is 16.9 Å². The smallest absolute Gasteiger partial charge is 0.339 e. The van der Waals surface area contributed by atoms with Gasteiger partial charge in [0.15, 0.2) is 6.61 Å². The lowest BCUT2D eigenvalue weighted by Gasteiger charge is -2.33. The van der Waals surface area contributed by atoms with Crippen LogP contribution >= 0.6 is 0 Å². The molecule has 0 bridgehead atoms. The van der Waals surface area contributed by atoms with Crippen molar-refractivity contribution in [3.63, 3.8) is 0 Å². The van der Waals surface area contributed by atoms with Gasteiger partial charge in [0.05, 0.1) is 5.39 Å². The Morgan fingerprint density at radius 2 is 2.04 bits per heavy atom. The van der Waals surface area contributed by atoms with E-state index in [-0.39, 0.29) is 29.8 Å². The minimum absolute atomic E-state index is 0.0857. The van der Waals surface area contributed by atoms with Crippen LogP contribution in [0.3, 0.4) is 0 Å². The molecule has 0 fully saturated rings. The number of rotatable bonds is 5. The number of hydrogen-bond donors (Lipinski definition) is 1. The average Bonchev–Trinajstić information content (AvgIpc) is 2.62. The molecule has 2 aromatic rings. The van der Waals surface area contributed by atoms with Crippen LogP contribution in [0.2, 0.25) is 0 Å². The Kier molecular flexibility index (Phi) is 5.41. The van der Waals surface area contributed by atoms with E-state index in [0.29, 0.717) is 22.6 Å². The van der Waals surface area contributed by atoms with Crippen molar-refractivity contribution in [2.45, 2.75) is 72.4 Å². The molecule has 1 N–H and O–H groups in total. The van der Waals surface area contributed by atoms with Crippen molar-refractivity contribution in [2.75, 3.05) is 6.61 Å². The Bertz CT molecular complexity index is 973. The zero-order valence-electron chi connectivity index (χ0n) is 17.5. The van der Waals surface area contributed by atoms with Crippen molar-refractivity contribution in [1.29, 1.82) is 0 Å². The molecule has 0 saturated carbocycles. The lowest BCUT2D eigenvalue weighted by Crippen LogP contribution is -2.35. The maximum absolute atomic E-state index is 12.3. The highest BCUT2D eigenvalue weighted by Crippen LogP contribution is 2.43. The predicted molar refractivity (Wildman–Crippen MR) is 108 cm³/mol. The highest BCUT2D eigenvalue weighted by Gasteiger charge is 2.31. The summed E-state index contributed by atoms with van der Waals surface area (Å²) in [7, 11) is 0. The predicted octanol–water partition coefficient (Wildman–Crippen LogP) is 3.81. The van der Waals surface area contributed by atoms with Crippen molar-refractivity contribution in [3.8, 4) is 11.5 Å². The summed E-state index contributed by atoms with van der Waals surface area (Å²) < 4.78 is 17.7. The summed E-state index contributed by atoms with van der Waals surface area (Å²) >= 11 is 0. The molecule has 0 saturated heterocycles. The van der Waals surface area contributed by atoms with E-state index in [1.54, 1.807) is 6.92 Å². The van der Waals surface area contributed by atoms with Crippen LogP contribution < -0.4 is 20.4 Å². The van der Waals surface area contributed by atoms with Crippen LogP contribution in [0, 0.1) is 13.8 Å². The first kappa shape index (κ1) is 20.2. The third-order valence-electron chi connectivity index (χ3n) is 5.49. The van der Waals surface area contributed by atoms with Gasteiger partial charge in [-0.1, -0.05) is 6.92 Å². The minimum atomic E-state index is -0.358. The second-order valence-corrected chi connectivity index (χ2v) is 8.22. The van der Waals surface area contributed by atoms with Crippen LogP contribution in [0.25, 0.3) is 11.0 Å². The fourth-order valence-corrected chi connectivity index (χ4v) is 3.41. The summed E-state index contributed by atoms with van der Waals surface area (Å²) in [5.74, 6) is 0.954. The summed E-state index contributed by atoms with van der Waals surface area (Å²) in [5, 5.41) is 3.62. The molecule has 1 amide bonds. The van der Waals surface area contributed by atoms with Gasteiger partial charge in [-0.3, -0.25) is 4.79 Å². The first-order valence-electron chi connectivity index (χ1n) is 9.84. The Morgan fingerprint density at radius 1 is 1.32 bits per heavy atom. The Balaban J connectivity index is 2.07.